The van der Waals surface area contributed by atoms with Crippen LogP contribution in [-0.4, -0.2) is 34.4 Å². The van der Waals surface area contributed by atoms with Crippen LogP contribution in [0.1, 0.15) is 59.1 Å². The maximum atomic E-state index is 12.9. The van der Waals surface area contributed by atoms with Crippen LogP contribution in [0, 0.1) is 5.92 Å². The quantitative estimate of drug-likeness (QED) is 0.851. The molecule has 2 aromatic heterocycles. The number of hydrogen-bond acceptors (Lipinski definition) is 6. The third kappa shape index (κ3) is 3.19. The van der Waals surface area contributed by atoms with Crippen LogP contribution in [0.2, 0.25) is 0 Å². The van der Waals surface area contributed by atoms with Crippen molar-refractivity contribution in [1.82, 2.24) is 15.5 Å². The lowest BCUT2D eigenvalue weighted by Gasteiger charge is -2.38. The minimum Gasteiger partial charge on any atom is -0.481 e. The number of aromatic nitrogens is 2. The molecule has 2 N–H and O–H groups in total. The standard InChI is InChI=1S/C19H23N3O4/c1-25-16-7-6-11(10-20-16)17(12-8-13(23)9-12)21-19(24)18-14-4-2-3-5-15(14)22-26-18/h6-7,10,12-13,17,23H,2-5,8-9H2,1H3,(H,21,24). The van der Waals surface area contributed by atoms with Gasteiger partial charge >= 0.3 is 0 Å². The Kier molecular flexibility index (Phi) is 4.63. The fraction of sp³-hybridized carbons (Fsp3) is 0.526. The van der Waals surface area contributed by atoms with Crippen molar-refractivity contribution in [3.63, 3.8) is 0 Å². The second kappa shape index (κ2) is 7.07. The van der Waals surface area contributed by atoms with Crippen LogP contribution < -0.4 is 10.1 Å². The molecule has 0 aliphatic heterocycles. The van der Waals surface area contributed by atoms with Gasteiger partial charge in [-0.15, -0.1) is 0 Å². The van der Waals surface area contributed by atoms with E-state index in [4.69, 9.17) is 9.26 Å². The number of nitrogens with one attached hydrogen (secondary N) is 1. The van der Waals surface area contributed by atoms with Gasteiger partial charge in [0, 0.05) is 17.8 Å². The van der Waals surface area contributed by atoms with E-state index in [0.717, 1.165) is 42.5 Å². The molecular formula is C19H23N3O4. The topological polar surface area (TPSA) is 97.5 Å². The highest BCUT2D eigenvalue weighted by Gasteiger charge is 2.37. The van der Waals surface area contributed by atoms with Crippen molar-refractivity contribution in [1.29, 1.82) is 0 Å². The van der Waals surface area contributed by atoms with Crippen molar-refractivity contribution < 1.29 is 19.2 Å². The van der Waals surface area contributed by atoms with Crippen LogP contribution in [0.15, 0.2) is 22.9 Å². The molecule has 7 heteroatoms. The van der Waals surface area contributed by atoms with E-state index in [2.05, 4.69) is 15.5 Å². The minimum absolute atomic E-state index is 0.169. The maximum absolute atomic E-state index is 12.9. The summed E-state index contributed by atoms with van der Waals surface area (Å²) in [7, 11) is 1.57. The number of methoxy groups -OCH3 is 1. The number of pyridine rings is 1. The lowest BCUT2D eigenvalue weighted by Crippen LogP contribution is -2.41. The van der Waals surface area contributed by atoms with Gasteiger partial charge in [0.1, 0.15) is 0 Å². The Morgan fingerprint density at radius 3 is 2.85 bits per heavy atom. The highest BCUT2D eigenvalue weighted by atomic mass is 16.5. The summed E-state index contributed by atoms with van der Waals surface area (Å²) in [5.74, 6) is 0.772. The number of aliphatic hydroxyl groups excluding tert-OH is 1. The van der Waals surface area contributed by atoms with Gasteiger partial charge in [-0.05, 0) is 50.0 Å². The van der Waals surface area contributed by atoms with E-state index in [1.165, 1.54) is 0 Å². The summed E-state index contributed by atoms with van der Waals surface area (Å²) < 4.78 is 10.5. The largest absolute Gasteiger partial charge is 0.481 e. The molecule has 138 valence electrons. The van der Waals surface area contributed by atoms with Gasteiger partial charge in [-0.1, -0.05) is 11.2 Å². The van der Waals surface area contributed by atoms with Crippen LogP contribution in [0.3, 0.4) is 0 Å². The zero-order chi connectivity index (χ0) is 18.1. The van der Waals surface area contributed by atoms with Crippen LogP contribution in [0.25, 0.3) is 0 Å². The van der Waals surface area contributed by atoms with E-state index in [0.29, 0.717) is 24.5 Å². The number of ether oxygens (including phenoxy) is 1. The molecular weight excluding hydrogens is 334 g/mol. The summed E-state index contributed by atoms with van der Waals surface area (Å²) in [6.07, 6.45) is 6.56. The van der Waals surface area contributed by atoms with Gasteiger partial charge in [-0.25, -0.2) is 4.98 Å². The Balaban J connectivity index is 1.56. The summed E-state index contributed by atoms with van der Waals surface area (Å²) in [6.45, 7) is 0. The molecule has 0 bridgehead atoms. The van der Waals surface area contributed by atoms with Crippen molar-refractivity contribution in [2.45, 2.75) is 50.7 Å². The first-order valence-corrected chi connectivity index (χ1v) is 9.12. The van der Waals surface area contributed by atoms with Crippen molar-refractivity contribution >= 4 is 5.91 Å². The van der Waals surface area contributed by atoms with Crippen LogP contribution in [-0.2, 0) is 12.8 Å². The molecule has 4 rings (SSSR count). The van der Waals surface area contributed by atoms with Gasteiger partial charge in [0.05, 0.1) is 24.9 Å². The Morgan fingerprint density at radius 2 is 2.15 bits per heavy atom. The summed E-state index contributed by atoms with van der Waals surface area (Å²) in [5, 5.41) is 16.8. The number of amides is 1. The lowest BCUT2D eigenvalue weighted by atomic mass is 9.75. The van der Waals surface area contributed by atoms with Gasteiger partial charge < -0.3 is 19.7 Å². The fourth-order valence-electron chi connectivity index (χ4n) is 3.85. The zero-order valence-corrected chi connectivity index (χ0v) is 14.8. The molecule has 1 amide bonds. The van der Waals surface area contributed by atoms with Gasteiger partial charge in [-0.3, -0.25) is 4.79 Å². The average Bonchev–Trinajstić information content (AvgIpc) is 3.08. The highest BCUT2D eigenvalue weighted by Crippen LogP contribution is 2.38. The SMILES string of the molecule is COc1ccc(C(NC(=O)c2onc3c2CCCC3)C2CC(O)C2)cn1. The molecule has 1 saturated carbocycles. The second-order valence-electron chi connectivity index (χ2n) is 7.11. The Labute approximate surface area is 151 Å². The molecule has 2 aromatic rings. The van der Waals surface area contributed by atoms with Gasteiger partial charge in [0.2, 0.25) is 11.6 Å². The number of aryl methyl sites for hydroxylation is 1. The minimum atomic E-state index is -0.302. The van der Waals surface area contributed by atoms with Crippen molar-refractivity contribution in [3.8, 4) is 5.88 Å². The molecule has 7 nitrogen and oxygen atoms in total. The van der Waals surface area contributed by atoms with Crippen LogP contribution in [0.5, 0.6) is 5.88 Å². The number of aliphatic hydroxyl groups is 1. The lowest BCUT2D eigenvalue weighted by molar-refractivity contribution is 0.0230. The summed E-state index contributed by atoms with van der Waals surface area (Å²) in [5.41, 5.74) is 2.74. The van der Waals surface area contributed by atoms with E-state index in [-0.39, 0.29) is 24.0 Å². The normalized spacial score (nSPS) is 22.8. The molecule has 0 saturated heterocycles. The summed E-state index contributed by atoms with van der Waals surface area (Å²) in [6, 6.07) is 3.45. The second-order valence-corrected chi connectivity index (χ2v) is 7.11. The molecule has 1 fully saturated rings. The van der Waals surface area contributed by atoms with Crippen LogP contribution in [0.4, 0.5) is 0 Å². The van der Waals surface area contributed by atoms with Crippen molar-refractivity contribution in [2.75, 3.05) is 7.11 Å². The average molecular weight is 357 g/mol. The summed E-state index contributed by atoms with van der Waals surface area (Å²) >= 11 is 0. The number of carbonyl (C=O) groups is 1. The number of hydrogen-bond donors (Lipinski definition) is 2. The Morgan fingerprint density at radius 1 is 1.35 bits per heavy atom. The number of nitrogens with zero attached hydrogens (tertiary/aromatic N) is 2. The molecule has 26 heavy (non-hydrogen) atoms. The van der Waals surface area contributed by atoms with E-state index in [9.17, 15) is 9.90 Å². The summed E-state index contributed by atoms with van der Waals surface area (Å²) in [4.78, 5) is 17.1. The van der Waals surface area contributed by atoms with Gasteiger partial charge in [-0.2, -0.15) is 0 Å². The number of carbonyl (C=O) groups excluding carboxylic acids is 1. The third-order valence-electron chi connectivity index (χ3n) is 5.40. The monoisotopic (exact) mass is 357 g/mol. The van der Waals surface area contributed by atoms with Gasteiger partial charge in [0.15, 0.2) is 0 Å². The molecule has 1 unspecified atom stereocenters. The smallest absolute Gasteiger partial charge is 0.290 e. The first-order chi connectivity index (χ1) is 12.7. The predicted octanol–water partition coefficient (Wildman–Crippen LogP) is 2.20. The Bertz CT molecular complexity index is 781. The Hall–Kier alpha value is -2.41. The van der Waals surface area contributed by atoms with Gasteiger partial charge in [0.25, 0.3) is 5.91 Å². The molecule has 2 aliphatic rings. The first kappa shape index (κ1) is 17.0. The van der Waals surface area contributed by atoms with E-state index in [1.54, 1.807) is 19.4 Å². The van der Waals surface area contributed by atoms with Crippen molar-refractivity contribution in [2.24, 2.45) is 5.92 Å². The molecule has 2 aliphatic carbocycles. The molecule has 0 radical (unpaired) electrons. The van der Waals surface area contributed by atoms with Crippen LogP contribution >= 0.6 is 0 Å². The van der Waals surface area contributed by atoms with E-state index in [1.807, 2.05) is 6.07 Å². The molecule has 0 spiro atoms. The first-order valence-electron chi connectivity index (χ1n) is 9.12. The predicted molar refractivity (Wildman–Crippen MR) is 92.9 cm³/mol. The number of fused-ring (bicyclic) bond motifs is 1. The van der Waals surface area contributed by atoms with E-state index < -0.39 is 0 Å². The third-order valence-corrected chi connectivity index (χ3v) is 5.40. The maximum Gasteiger partial charge on any atom is 0.290 e. The molecule has 1 atom stereocenters. The fourth-order valence-corrected chi connectivity index (χ4v) is 3.85. The zero-order valence-electron chi connectivity index (χ0n) is 14.8. The molecule has 0 aromatic carbocycles. The highest BCUT2D eigenvalue weighted by molar-refractivity contribution is 5.93. The van der Waals surface area contributed by atoms with Crippen molar-refractivity contribution in [3.05, 3.63) is 40.9 Å². The number of rotatable bonds is 5. The van der Waals surface area contributed by atoms with E-state index >= 15 is 0 Å². The molecule has 2 heterocycles.